The van der Waals surface area contributed by atoms with E-state index in [-0.39, 0.29) is 30.9 Å². The Morgan fingerprint density at radius 3 is 2.48 bits per heavy atom. The van der Waals surface area contributed by atoms with Gasteiger partial charge in [-0.05, 0) is 23.6 Å². The summed E-state index contributed by atoms with van der Waals surface area (Å²) in [6, 6.07) is 18.4. The first-order valence-electron chi connectivity index (χ1n) is 8.55. The smallest absolute Gasteiger partial charge is 0.234 e. The lowest BCUT2D eigenvalue weighted by Gasteiger charge is -2.26. The number of piperazine rings is 1. The third kappa shape index (κ3) is 4.67. The van der Waals surface area contributed by atoms with E-state index < -0.39 is 0 Å². The number of benzene rings is 2. The highest BCUT2D eigenvalue weighted by atomic mass is 16.2. The molecule has 0 aliphatic carbocycles. The van der Waals surface area contributed by atoms with Crippen molar-refractivity contribution in [2.24, 2.45) is 0 Å². The number of carbonyl (C=O) groups excluding carboxylic acids is 2. The molecule has 0 aromatic heterocycles. The second kappa shape index (κ2) is 7.94. The van der Waals surface area contributed by atoms with Crippen LogP contribution in [0.25, 0.3) is 11.1 Å². The van der Waals surface area contributed by atoms with Crippen LogP contribution in [-0.2, 0) is 9.59 Å². The van der Waals surface area contributed by atoms with Gasteiger partial charge in [0.1, 0.15) is 0 Å². The highest BCUT2D eigenvalue weighted by molar-refractivity contribution is 5.82. The molecule has 2 amide bonds. The fourth-order valence-electron chi connectivity index (χ4n) is 2.99. The summed E-state index contributed by atoms with van der Waals surface area (Å²) in [5.74, 6) is -0.0852. The largest absolute Gasteiger partial charge is 0.354 e. The molecule has 1 saturated heterocycles. The molecule has 1 atom stereocenters. The fourth-order valence-corrected chi connectivity index (χ4v) is 2.99. The Labute approximate surface area is 148 Å². The van der Waals surface area contributed by atoms with Crippen LogP contribution in [0.2, 0.25) is 0 Å². The van der Waals surface area contributed by atoms with E-state index in [4.69, 9.17) is 0 Å². The van der Waals surface area contributed by atoms with E-state index in [1.54, 1.807) is 0 Å². The van der Waals surface area contributed by atoms with Crippen molar-refractivity contribution in [2.45, 2.75) is 13.0 Å². The molecule has 5 nitrogen and oxygen atoms in total. The Morgan fingerprint density at radius 2 is 1.80 bits per heavy atom. The highest BCUT2D eigenvalue weighted by Crippen LogP contribution is 2.21. The van der Waals surface area contributed by atoms with Gasteiger partial charge >= 0.3 is 0 Å². The molecule has 1 aliphatic heterocycles. The Balaban J connectivity index is 1.56. The summed E-state index contributed by atoms with van der Waals surface area (Å²) in [4.78, 5) is 25.4. The first-order valence-corrected chi connectivity index (χ1v) is 8.55. The van der Waals surface area contributed by atoms with Gasteiger partial charge in [0, 0.05) is 13.1 Å². The van der Waals surface area contributed by atoms with Gasteiger partial charge in [-0.25, -0.2) is 0 Å². The zero-order valence-corrected chi connectivity index (χ0v) is 14.4. The molecule has 0 spiro atoms. The van der Waals surface area contributed by atoms with Crippen LogP contribution in [0.1, 0.15) is 18.5 Å². The van der Waals surface area contributed by atoms with Crippen molar-refractivity contribution in [3.8, 4) is 11.1 Å². The summed E-state index contributed by atoms with van der Waals surface area (Å²) < 4.78 is 0. The SMILES string of the molecule is C[C@H](NC(=O)CN1CCNC(=O)C1)c1ccc(-c2ccccc2)cc1. The van der Waals surface area contributed by atoms with Crippen LogP contribution in [0.15, 0.2) is 54.6 Å². The van der Waals surface area contributed by atoms with Crippen molar-refractivity contribution in [1.29, 1.82) is 0 Å². The lowest BCUT2D eigenvalue weighted by molar-refractivity contribution is -0.127. The van der Waals surface area contributed by atoms with Gasteiger partial charge in [0.2, 0.25) is 11.8 Å². The third-order valence-corrected chi connectivity index (χ3v) is 4.38. The first-order chi connectivity index (χ1) is 12.1. The van der Waals surface area contributed by atoms with Crippen molar-refractivity contribution in [3.05, 3.63) is 60.2 Å². The van der Waals surface area contributed by atoms with Gasteiger partial charge < -0.3 is 10.6 Å². The second-order valence-electron chi connectivity index (χ2n) is 6.34. The molecular weight excluding hydrogens is 314 g/mol. The van der Waals surface area contributed by atoms with Gasteiger partial charge in [0.25, 0.3) is 0 Å². The van der Waals surface area contributed by atoms with Crippen LogP contribution >= 0.6 is 0 Å². The zero-order valence-electron chi connectivity index (χ0n) is 14.4. The average Bonchev–Trinajstić information content (AvgIpc) is 2.62. The van der Waals surface area contributed by atoms with E-state index in [0.29, 0.717) is 13.1 Å². The summed E-state index contributed by atoms with van der Waals surface area (Å²) in [6.07, 6.45) is 0. The van der Waals surface area contributed by atoms with E-state index in [9.17, 15) is 9.59 Å². The number of nitrogens with zero attached hydrogens (tertiary/aromatic N) is 1. The fraction of sp³-hybridized carbons (Fsp3) is 0.300. The summed E-state index contributed by atoms with van der Waals surface area (Å²) in [6.45, 7) is 3.81. The number of hydrogen-bond donors (Lipinski definition) is 2. The normalized spacial score (nSPS) is 16.1. The second-order valence-corrected chi connectivity index (χ2v) is 6.34. The summed E-state index contributed by atoms with van der Waals surface area (Å²) in [7, 11) is 0. The number of amides is 2. The van der Waals surface area contributed by atoms with Gasteiger partial charge in [-0.1, -0.05) is 54.6 Å². The van der Waals surface area contributed by atoms with E-state index in [1.807, 2.05) is 42.2 Å². The molecule has 130 valence electrons. The van der Waals surface area contributed by atoms with Crippen molar-refractivity contribution in [2.75, 3.05) is 26.2 Å². The van der Waals surface area contributed by atoms with Crippen molar-refractivity contribution in [1.82, 2.24) is 15.5 Å². The molecule has 0 saturated carbocycles. The van der Waals surface area contributed by atoms with E-state index in [1.165, 1.54) is 5.56 Å². The Bertz CT molecular complexity index is 728. The van der Waals surface area contributed by atoms with Crippen LogP contribution < -0.4 is 10.6 Å². The Hall–Kier alpha value is -2.66. The van der Waals surface area contributed by atoms with Gasteiger partial charge in [0.05, 0.1) is 19.1 Å². The maximum atomic E-state index is 12.2. The molecule has 2 aromatic carbocycles. The summed E-state index contributed by atoms with van der Waals surface area (Å²) in [5, 5.41) is 5.76. The standard InChI is InChI=1S/C20H23N3O2/c1-15(22-20(25)14-23-12-11-21-19(24)13-23)16-7-9-18(10-8-16)17-5-3-2-4-6-17/h2-10,15H,11-14H2,1H3,(H,21,24)(H,22,25)/t15-/m0/s1. The quantitative estimate of drug-likeness (QED) is 0.877. The average molecular weight is 337 g/mol. The molecule has 2 N–H and O–H groups in total. The van der Waals surface area contributed by atoms with Crippen LogP contribution in [0.3, 0.4) is 0 Å². The van der Waals surface area contributed by atoms with Crippen LogP contribution in [0, 0.1) is 0 Å². The molecule has 25 heavy (non-hydrogen) atoms. The van der Waals surface area contributed by atoms with Crippen LogP contribution in [0.4, 0.5) is 0 Å². The number of nitrogens with one attached hydrogen (secondary N) is 2. The van der Waals surface area contributed by atoms with Crippen molar-refractivity contribution < 1.29 is 9.59 Å². The molecule has 0 radical (unpaired) electrons. The lowest BCUT2D eigenvalue weighted by Crippen LogP contribution is -2.50. The molecule has 1 heterocycles. The Morgan fingerprint density at radius 1 is 1.12 bits per heavy atom. The molecule has 0 bridgehead atoms. The maximum Gasteiger partial charge on any atom is 0.234 e. The first kappa shape index (κ1) is 17.2. The topological polar surface area (TPSA) is 61.4 Å². The summed E-state index contributed by atoms with van der Waals surface area (Å²) in [5.41, 5.74) is 3.39. The predicted molar refractivity (Wildman–Crippen MR) is 97.9 cm³/mol. The molecule has 1 fully saturated rings. The van der Waals surface area contributed by atoms with E-state index in [2.05, 4.69) is 34.9 Å². The zero-order chi connectivity index (χ0) is 17.6. The molecule has 5 heteroatoms. The minimum atomic E-state index is -0.0732. The van der Waals surface area contributed by atoms with Gasteiger partial charge in [-0.15, -0.1) is 0 Å². The molecule has 0 unspecified atom stereocenters. The van der Waals surface area contributed by atoms with Gasteiger partial charge in [-0.3, -0.25) is 14.5 Å². The van der Waals surface area contributed by atoms with E-state index in [0.717, 1.165) is 11.1 Å². The molecular formula is C20H23N3O2. The van der Waals surface area contributed by atoms with Crippen molar-refractivity contribution in [3.63, 3.8) is 0 Å². The predicted octanol–water partition coefficient (Wildman–Crippen LogP) is 1.96. The lowest BCUT2D eigenvalue weighted by atomic mass is 10.0. The van der Waals surface area contributed by atoms with Crippen LogP contribution in [0.5, 0.6) is 0 Å². The molecule has 1 aliphatic rings. The minimum absolute atomic E-state index is 0.0244. The van der Waals surface area contributed by atoms with E-state index >= 15 is 0 Å². The van der Waals surface area contributed by atoms with Gasteiger partial charge in [-0.2, -0.15) is 0 Å². The third-order valence-electron chi connectivity index (χ3n) is 4.38. The van der Waals surface area contributed by atoms with Crippen LogP contribution in [-0.4, -0.2) is 42.9 Å². The van der Waals surface area contributed by atoms with Crippen molar-refractivity contribution >= 4 is 11.8 Å². The maximum absolute atomic E-state index is 12.2. The number of rotatable bonds is 5. The number of carbonyl (C=O) groups is 2. The monoisotopic (exact) mass is 337 g/mol. The minimum Gasteiger partial charge on any atom is -0.354 e. The Kier molecular flexibility index (Phi) is 5.46. The number of hydrogen-bond acceptors (Lipinski definition) is 3. The molecule has 3 rings (SSSR count). The highest BCUT2D eigenvalue weighted by Gasteiger charge is 2.19. The van der Waals surface area contributed by atoms with Gasteiger partial charge in [0.15, 0.2) is 0 Å². The summed E-state index contributed by atoms with van der Waals surface area (Å²) >= 11 is 0. The molecule has 2 aromatic rings.